The summed E-state index contributed by atoms with van der Waals surface area (Å²) in [6, 6.07) is 14.5. The molecule has 0 spiro atoms. The molecule has 20 heavy (non-hydrogen) atoms. The lowest BCUT2D eigenvalue weighted by atomic mass is 9.80. The first kappa shape index (κ1) is 13.6. The predicted octanol–water partition coefficient (Wildman–Crippen LogP) is 4.01. The maximum atomic E-state index is 11.2. The lowest BCUT2D eigenvalue weighted by Gasteiger charge is -2.38. The molecule has 1 aliphatic rings. The summed E-state index contributed by atoms with van der Waals surface area (Å²) in [5, 5.41) is 13.5. The second-order valence-corrected chi connectivity index (χ2v) is 5.79. The molecule has 2 heteroatoms. The summed E-state index contributed by atoms with van der Waals surface area (Å²) < 4.78 is 5.79. The first-order valence-electron chi connectivity index (χ1n) is 7.55. The van der Waals surface area contributed by atoms with Crippen LogP contribution in [0.1, 0.15) is 38.2 Å². The van der Waals surface area contributed by atoms with Gasteiger partial charge >= 0.3 is 0 Å². The van der Waals surface area contributed by atoms with Crippen molar-refractivity contribution in [1.29, 1.82) is 0 Å². The molecule has 1 aliphatic heterocycles. The molecule has 0 bridgehead atoms. The maximum absolute atomic E-state index is 11.2. The highest BCUT2D eigenvalue weighted by Gasteiger charge is 2.37. The average molecular weight is 270 g/mol. The number of ether oxygens (including phenoxy) is 1. The van der Waals surface area contributed by atoms with Crippen molar-refractivity contribution in [1.82, 2.24) is 0 Å². The van der Waals surface area contributed by atoms with E-state index in [9.17, 15) is 5.11 Å². The van der Waals surface area contributed by atoms with Crippen LogP contribution in [0, 0.1) is 0 Å². The summed E-state index contributed by atoms with van der Waals surface area (Å²) in [4.78, 5) is 0. The minimum absolute atomic E-state index is 0.178. The van der Waals surface area contributed by atoms with Crippen molar-refractivity contribution in [3.63, 3.8) is 0 Å². The topological polar surface area (TPSA) is 29.5 Å². The fourth-order valence-corrected chi connectivity index (χ4v) is 3.32. The molecule has 1 N–H and O–H groups in total. The van der Waals surface area contributed by atoms with Gasteiger partial charge in [-0.05, 0) is 22.8 Å². The van der Waals surface area contributed by atoms with Gasteiger partial charge in [-0.2, -0.15) is 0 Å². The van der Waals surface area contributed by atoms with Gasteiger partial charge in [-0.3, -0.25) is 0 Å². The van der Waals surface area contributed by atoms with Crippen molar-refractivity contribution in [2.75, 3.05) is 6.61 Å². The van der Waals surface area contributed by atoms with Crippen molar-refractivity contribution >= 4 is 10.8 Å². The van der Waals surface area contributed by atoms with Crippen LogP contribution in [-0.2, 0) is 10.3 Å². The Kier molecular flexibility index (Phi) is 3.77. The fraction of sp³-hybridized carbons (Fsp3) is 0.444. The second-order valence-electron chi connectivity index (χ2n) is 5.79. The van der Waals surface area contributed by atoms with Gasteiger partial charge in [0.1, 0.15) is 0 Å². The van der Waals surface area contributed by atoms with E-state index in [0.717, 1.165) is 23.8 Å². The van der Waals surface area contributed by atoms with Crippen LogP contribution in [0.2, 0.25) is 0 Å². The zero-order valence-corrected chi connectivity index (χ0v) is 12.0. The quantitative estimate of drug-likeness (QED) is 0.913. The molecule has 0 aromatic heterocycles. The highest BCUT2D eigenvalue weighted by atomic mass is 16.5. The van der Waals surface area contributed by atoms with Crippen molar-refractivity contribution in [2.45, 2.75) is 44.3 Å². The summed E-state index contributed by atoms with van der Waals surface area (Å²) in [7, 11) is 0. The van der Waals surface area contributed by atoms with Crippen LogP contribution in [0.5, 0.6) is 0 Å². The Morgan fingerprint density at radius 2 is 2.00 bits per heavy atom. The van der Waals surface area contributed by atoms with E-state index >= 15 is 0 Å². The van der Waals surface area contributed by atoms with Gasteiger partial charge in [-0.15, -0.1) is 0 Å². The van der Waals surface area contributed by atoms with Gasteiger partial charge < -0.3 is 9.84 Å². The first-order chi connectivity index (χ1) is 9.73. The van der Waals surface area contributed by atoms with E-state index < -0.39 is 5.60 Å². The number of fused-ring (bicyclic) bond motifs is 1. The zero-order valence-electron chi connectivity index (χ0n) is 12.0. The van der Waals surface area contributed by atoms with E-state index in [-0.39, 0.29) is 6.10 Å². The number of hydrogen-bond acceptors (Lipinski definition) is 2. The standard InChI is InChI=1S/C18H22O2/c1-2-6-15-13-18(19,11-12-20-15)17-10-5-8-14-7-3-4-9-16(14)17/h3-5,7-10,15,19H,2,6,11-13H2,1H3. The van der Waals surface area contributed by atoms with Crippen LogP contribution in [0.3, 0.4) is 0 Å². The van der Waals surface area contributed by atoms with Gasteiger partial charge in [0.15, 0.2) is 0 Å². The van der Waals surface area contributed by atoms with Crippen molar-refractivity contribution in [2.24, 2.45) is 0 Å². The first-order valence-corrected chi connectivity index (χ1v) is 7.55. The Balaban J connectivity index is 2.00. The lowest BCUT2D eigenvalue weighted by Crippen LogP contribution is -2.38. The number of aliphatic hydroxyl groups is 1. The Morgan fingerprint density at radius 3 is 2.85 bits per heavy atom. The maximum Gasteiger partial charge on any atom is 0.0949 e. The van der Waals surface area contributed by atoms with Gasteiger partial charge in [0.2, 0.25) is 0 Å². The van der Waals surface area contributed by atoms with Gasteiger partial charge in [0.05, 0.1) is 18.3 Å². The van der Waals surface area contributed by atoms with E-state index in [1.54, 1.807) is 0 Å². The molecular weight excluding hydrogens is 248 g/mol. The van der Waals surface area contributed by atoms with E-state index in [0.29, 0.717) is 19.4 Å². The summed E-state index contributed by atoms with van der Waals surface area (Å²) in [5.74, 6) is 0. The molecule has 2 atom stereocenters. The molecule has 2 aromatic carbocycles. The number of hydrogen-bond donors (Lipinski definition) is 1. The molecular formula is C18H22O2. The van der Waals surface area contributed by atoms with Crippen LogP contribution in [0.25, 0.3) is 10.8 Å². The van der Waals surface area contributed by atoms with Crippen molar-refractivity contribution in [3.05, 3.63) is 48.0 Å². The molecule has 1 fully saturated rings. The van der Waals surface area contributed by atoms with Crippen LogP contribution in [0.15, 0.2) is 42.5 Å². The Labute approximate surface area is 120 Å². The minimum Gasteiger partial charge on any atom is -0.385 e. The van der Waals surface area contributed by atoms with Gasteiger partial charge in [0.25, 0.3) is 0 Å². The summed E-state index contributed by atoms with van der Waals surface area (Å²) in [6.45, 7) is 2.80. The molecule has 3 rings (SSSR count). The molecule has 0 amide bonds. The van der Waals surface area contributed by atoms with E-state index in [1.165, 1.54) is 5.39 Å². The fourth-order valence-electron chi connectivity index (χ4n) is 3.32. The average Bonchev–Trinajstić information content (AvgIpc) is 2.47. The van der Waals surface area contributed by atoms with Crippen LogP contribution < -0.4 is 0 Å². The van der Waals surface area contributed by atoms with Crippen LogP contribution in [0.4, 0.5) is 0 Å². The lowest BCUT2D eigenvalue weighted by molar-refractivity contribution is -0.109. The Bertz CT molecular complexity index is 585. The molecule has 2 nitrogen and oxygen atoms in total. The van der Waals surface area contributed by atoms with Gasteiger partial charge in [-0.1, -0.05) is 55.8 Å². The monoisotopic (exact) mass is 270 g/mol. The Hall–Kier alpha value is -1.38. The number of rotatable bonds is 3. The molecule has 2 aromatic rings. The SMILES string of the molecule is CCCC1CC(O)(c2cccc3ccccc23)CCO1. The third-order valence-electron chi connectivity index (χ3n) is 4.34. The molecule has 1 saturated heterocycles. The summed E-state index contributed by atoms with van der Waals surface area (Å²) in [5.41, 5.74) is 0.305. The van der Waals surface area contributed by atoms with Crippen molar-refractivity contribution in [3.8, 4) is 0 Å². The predicted molar refractivity (Wildman–Crippen MR) is 81.7 cm³/mol. The molecule has 2 unspecified atom stereocenters. The highest BCUT2D eigenvalue weighted by molar-refractivity contribution is 5.86. The minimum atomic E-state index is -0.751. The Morgan fingerprint density at radius 1 is 1.20 bits per heavy atom. The third kappa shape index (κ3) is 2.46. The summed E-state index contributed by atoms with van der Waals surface area (Å²) in [6.07, 6.45) is 3.68. The molecule has 1 heterocycles. The third-order valence-corrected chi connectivity index (χ3v) is 4.34. The molecule has 0 aliphatic carbocycles. The zero-order chi connectivity index (χ0) is 14.0. The van der Waals surface area contributed by atoms with E-state index in [1.807, 2.05) is 18.2 Å². The smallest absolute Gasteiger partial charge is 0.0949 e. The number of benzene rings is 2. The largest absolute Gasteiger partial charge is 0.385 e. The molecule has 106 valence electrons. The highest BCUT2D eigenvalue weighted by Crippen LogP contribution is 2.39. The second kappa shape index (κ2) is 5.55. The molecule has 0 saturated carbocycles. The van der Waals surface area contributed by atoms with Crippen LogP contribution in [-0.4, -0.2) is 17.8 Å². The van der Waals surface area contributed by atoms with Crippen LogP contribution >= 0.6 is 0 Å². The van der Waals surface area contributed by atoms with Crippen molar-refractivity contribution < 1.29 is 9.84 Å². The van der Waals surface area contributed by atoms with Gasteiger partial charge in [-0.25, -0.2) is 0 Å². The van der Waals surface area contributed by atoms with Gasteiger partial charge in [0, 0.05) is 12.8 Å². The summed E-state index contributed by atoms with van der Waals surface area (Å²) >= 11 is 0. The molecule has 0 radical (unpaired) electrons. The van der Waals surface area contributed by atoms with E-state index in [4.69, 9.17) is 4.74 Å². The van der Waals surface area contributed by atoms with E-state index in [2.05, 4.69) is 31.2 Å². The normalized spacial score (nSPS) is 26.8.